The van der Waals surface area contributed by atoms with Crippen molar-refractivity contribution in [2.45, 2.75) is 90.6 Å². The van der Waals surface area contributed by atoms with Crippen molar-refractivity contribution in [3.63, 3.8) is 0 Å². The zero-order chi connectivity index (χ0) is 13.3. The summed E-state index contributed by atoms with van der Waals surface area (Å²) in [6, 6.07) is 0. The summed E-state index contributed by atoms with van der Waals surface area (Å²) in [7, 11) is 0. The van der Waals surface area contributed by atoms with Crippen molar-refractivity contribution < 1.29 is 4.74 Å². The molecule has 0 aliphatic heterocycles. The van der Waals surface area contributed by atoms with Crippen molar-refractivity contribution in [3.8, 4) is 0 Å². The van der Waals surface area contributed by atoms with E-state index in [1.165, 1.54) is 70.6 Å². The van der Waals surface area contributed by atoms with Crippen LogP contribution in [0.4, 0.5) is 0 Å². The molecule has 19 heavy (non-hydrogen) atoms. The molecule has 0 atom stereocenters. The van der Waals surface area contributed by atoms with E-state index in [9.17, 15) is 0 Å². The van der Waals surface area contributed by atoms with E-state index in [1.807, 2.05) is 0 Å². The third kappa shape index (κ3) is 2.73. The van der Waals surface area contributed by atoms with Gasteiger partial charge in [0.15, 0.2) is 0 Å². The number of hydrogen-bond acceptors (Lipinski definition) is 1. The maximum absolute atomic E-state index is 5.96. The molecule has 0 radical (unpaired) electrons. The van der Waals surface area contributed by atoms with Gasteiger partial charge in [0.1, 0.15) is 0 Å². The molecule has 4 rings (SSSR count). The second kappa shape index (κ2) is 5.39. The fraction of sp³-hybridized carbons (Fsp3) is 1.00. The average molecular weight is 264 g/mol. The Morgan fingerprint density at radius 3 is 2.00 bits per heavy atom. The van der Waals surface area contributed by atoms with Crippen molar-refractivity contribution in [2.24, 2.45) is 16.7 Å². The molecule has 4 aliphatic rings. The van der Waals surface area contributed by atoms with Gasteiger partial charge in [-0.3, -0.25) is 0 Å². The van der Waals surface area contributed by atoms with Gasteiger partial charge < -0.3 is 4.74 Å². The van der Waals surface area contributed by atoms with Gasteiger partial charge in [-0.25, -0.2) is 0 Å². The second-order valence-corrected chi connectivity index (χ2v) is 8.02. The highest BCUT2D eigenvalue weighted by Gasteiger charge is 2.50. The van der Waals surface area contributed by atoms with Crippen LogP contribution in [0, 0.1) is 16.7 Å². The highest BCUT2D eigenvalue weighted by atomic mass is 16.5. The highest BCUT2D eigenvalue weighted by Crippen LogP contribution is 2.61. The van der Waals surface area contributed by atoms with Crippen LogP contribution in [0.15, 0.2) is 0 Å². The van der Waals surface area contributed by atoms with Crippen LogP contribution < -0.4 is 0 Å². The Hall–Kier alpha value is -0.0400. The Morgan fingerprint density at radius 1 is 0.895 bits per heavy atom. The van der Waals surface area contributed by atoms with E-state index in [4.69, 9.17) is 4.74 Å². The topological polar surface area (TPSA) is 9.23 Å². The van der Waals surface area contributed by atoms with Gasteiger partial charge in [0.05, 0.1) is 6.10 Å². The average Bonchev–Trinajstić information content (AvgIpc) is 2.47. The standard InChI is InChI=1S/C18H32O/c1-3-14-19-16-6-4-15(5-7-16)18-11-8-17(2,9-12-18)10-13-18/h15-16H,3-14H2,1-2H3. The summed E-state index contributed by atoms with van der Waals surface area (Å²) in [4.78, 5) is 0. The zero-order valence-corrected chi connectivity index (χ0v) is 13.0. The maximum Gasteiger partial charge on any atom is 0.0575 e. The minimum absolute atomic E-state index is 0.588. The van der Waals surface area contributed by atoms with E-state index in [2.05, 4.69) is 13.8 Å². The smallest absolute Gasteiger partial charge is 0.0575 e. The van der Waals surface area contributed by atoms with E-state index >= 15 is 0 Å². The lowest BCUT2D eigenvalue weighted by atomic mass is 9.49. The van der Waals surface area contributed by atoms with Crippen LogP contribution in [0.25, 0.3) is 0 Å². The predicted molar refractivity (Wildman–Crippen MR) is 80.2 cm³/mol. The fourth-order valence-electron chi connectivity index (χ4n) is 5.14. The molecule has 4 aliphatic carbocycles. The largest absolute Gasteiger partial charge is 0.378 e. The van der Waals surface area contributed by atoms with Crippen LogP contribution in [0.5, 0.6) is 0 Å². The van der Waals surface area contributed by atoms with Crippen molar-refractivity contribution >= 4 is 0 Å². The first-order chi connectivity index (χ1) is 9.16. The molecule has 4 fully saturated rings. The molecule has 0 spiro atoms. The van der Waals surface area contributed by atoms with E-state index in [0.717, 1.165) is 23.4 Å². The fourth-order valence-corrected chi connectivity index (χ4v) is 5.14. The Balaban J connectivity index is 1.54. The first kappa shape index (κ1) is 13.9. The maximum atomic E-state index is 5.96. The van der Waals surface area contributed by atoms with Gasteiger partial charge in [-0.05, 0) is 87.4 Å². The number of ether oxygens (including phenoxy) is 1. The summed E-state index contributed by atoms with van der Waals surface area (Å²) in [6.45, 7) is 5.72. The Bertz CT molecular complexity index is 276. The van der Waals surface area contributed by atoms with E-state index < -0.39 is 0 Å². The Morgan fingerprint density at radius 2 is 1.47 bits per heavy atom. The third-order valence-electron chi connectivity index (χ3n) is 6.78. The molecule has 1 nitrogen and oxygen atoms in total. The van der Waals surface area contributed by atoms with Crippen LogP contribution in [0.1, 0.15) is 84.5 Å². The summed E-state index contributed by atoms with van der Waals surface area (Å²) in [5.74, 6) is 1.03. The molecule has 110 valence electrons. The van der Waals surface area contributed by atoms with Crippen molar-refractivity contribution in [2.75, 3.05) is 6.61 Å². The minimum atomic E-state index is 0.588. The molecule has 0 amide bonds. The van der Waals surface area contributed by atoms with Gasteiger partial charge in [0.2, 0.25) is 0 Å². The Labute approximate surface area is 119 Å². The molecule has 0 saturated heterocycles. The third-order valence-corrected chi connectivity index (χ3v) is 6.78. The van der Waals surface area contributed by atoms with E-state index in [0.29, 0.717) is 6.10 Å². The molecular weight excluding hydrogens is 232 g/mol. The molecule has 1 heteroatoms. The number of fused-ring (bicyclic) bond motifs is 3. The first-order valence-electron chi connectivity index (χ1n) is 8.77. The highest BCUT2D eigenvalue weighted by molar-refractivity contribution is 5.01. The van der Waals surface area contributed by atoms with E-state index in [1.54, 1.807) is 0 Å². The molecule has 0 aromatic rings. The lowest BCUT2D eigenvalue weighted by Crippen LogP contribution is -2.45. The molecule has 4 saturated carbocycles. The molecule has 0 aromatic carbocycles. The molecule has 0 unspecified atom stereocenters. The van der Waals surface area contributed by atoms with Crippen LogP contribution >= 0.6 is 0 Å². The van der Waals surface area contributed by atoms with Crippen LogP contribution in [-0.4, -0.2) is 12.7 Å². The van der Waals surface area contributed by atoms with Gasteiger partial charge in [-0.2, -0.15) is 0 Å². The Kier molecular flexibility index (Phi) is 3.95. The van der Waals surface area contributed by atoms with Gasteiger partial charge in [0, 0.05) is 6.61 Å². The summed E-state index contributed by atoms with van der Waals surface area (Å²) in [6.07, 6.45) is 16.5. The summed E-state index contributed by atoms with van der Waals surface area (Å²) >= 11 is 0. The van der Waals surface area contributed by atoms with Crippen molar-refractivity contribution in [1.82, 2.24) is 0 Å². The lowest BCUT2D eigenvalue weighted by Gasteiger charge is -2.56. The number of hydrogen-bond donors (Lipinski definition) is 0. The molecule has 0 heterocycles. The van der Waals surface area contributed by atoms with Crippen molar-refractivity contribution in [1.29, 1.82) is 0 Å². The molecular formula is C18H32O. The van der Waals surface area contributed by atoms with Gasteiger partial charge in [-0.1, -0.05) is 13.8 Å². The van der Waals surface area contributed by atoms with Gasteiger partial charge in [-0.15, -0.1) is 0 Å². The molecule has 0 aromatic heterocycles. The minimum Gasteiger partial charge on any atom is -0.378 e. The summed E-state index contributed by atoms with van der Waals surface area (Å²) in [5.41, 5.74) is 1.48. The van der Waals surface area contributed by atoms with Crippen LogP contribution in [-0.2, 0) is 4.74 Å². The quantitative estimate of drug-likeness (QED) is 0.666. The van der Waals surface area contributed by atoms with Gasteiger partial charge in [0.25, 0.3) is 0 Å². The monoisotopic (exact) mass is 264 g/mol. The van der Waals surface area contributed by atoms with Crippen molar-refractivity contribution in [3.05, 3.63) is 0 Å². The summed E-state index contributed by atoms with van der Waals surface area (Å²) in [5, 5.41) is 0. The van der Waals surface area contributed by atoms with Crippen LogP contribution in [0.3, 0.4) is 0 Å². The van der Waals surface area contributed by atoms with Gasteiger partial charge >= 0.3 is 0 Å². The predicted octanol–water partition coefficient (Wildman–Crippen LogP) is 5.33. The van der Waals surface area contributed by atoms with Crippen LogP contribution in [0.2, 0.25) is 0 Å². The first-order valence-corrected chi connectivity index (χ1v) is 8.77. The summed E-state index contributed by atoms with van der Waals surface area (Å²) < 4.78 is 5.96. The van der Waals surface area contributed by atoms with E-state index in [-0.39, 0.29) is 0 Å². The SMILES string of the molecule is CCCOC1CCC(C23CCC(C)(CC2)CC3)CC1. The second-order valence-electron chi connectivity index (χ2n) is 8.02. The normalized spacial score (nSPS) is 46.4. The zero-order valence-electron chi connectivity index (χ0n) is 13.0. The molecule has 2 bridgehead atoms. The number of rotatable bonds is 4. The lowest BCUT2D eigenvalue weighted by molar-refractivity contribution is -0.0684. The molecule has 0 N–H and O–H groups in total.